The van der Waals surface area contributed by atoms with E-state index >= 15 is 0 Å². The van der Waals surface area contributed by atoms with Crippen LogP contribution in [0.4, 0.5) is 15.8 Å². The van der Waals surface area contributed by atoms with Crippen LogP contribution in [0, 0.1) is 11.2 Å². The molecule has 0 amide bonds. The number of halogens is 1. The Labute approximate surface area is 209 Å². The molecule has 4 aromatic rings. The summed E-state index contributed by atoms with van der Waals surface area (Å²) >= 11 is 0. The Morgan fingerprint density at radius 1 is 1.16 bits per heavy atom. The number of hydrogen-bond acceptors (Lipinski definition) is 7. The number of anilines is 2. The minimum absolute atomic E-state index is 0.0341. The lowest BCUT2D eigenvalue weighted by Gasteiger charge is -2.18. The second-order valence-corrected chi connectivity index (χ2v) is 7.86. The van der Waals surface area contributed by atoms with Gasteiger partial charge in [-0.3, -0.25) is 10.4 Å². The standard InChI is InChI=1S/C25H23FN6O5/c1-36-19-10-7-13(21(22(19)37-2)29-14-8-9-15(23(27)28)17(26)12-14)11-20-30-25(35)32(31-20)18-6-4-3-5-16(18)24(33)34/h3-10,12,29H,11H2,1-2H3,(H3,27,28)(H,33,34)(H,30,31,35). The summed E-state index contributed by atoms with van der Waals surface area (Å²) in [7, 11) is 2.92. The van der Waals surface area contributed by atoms with Gasteiger partial charge in [-0.2, -0.15) is 4.68 Å². The summed E-state index contributed by atoms with van der Waals surface area (Å²) in [6.45, 7) is 0. The molecular formula is C25H23FN6O5. The van der Waals surface area contributed by atoms with Gasteiger partial charge in [0.15, 0.2) is 11.5 Å². The van der Waals surface area contributed by atoms with Crippen LogP contribution in [0.1, 0.15) is 27.3 Å². The number of carboxylic acids is 1. The maximum Gasteiger partial charge on any atom is 0.348 e. The minimum atomic E-state index is -1.19. The van der Waals surface area contributed by atoms with Gasteiger partial charge in [0.2, 0.25) is 0 Å². The van der Waals surface area contributed by atoms with Crippen LogP contribution < -0.4 is 26.2 Å². The number of H-pyrrole nitrogens is 1. The zero-order valence-electron chi connectivity index (χ0n) is 19.8. The van der Waals surface area contributed by atoms with Crippen LogP contribution in [-0.4, -0.2) is 45.9 Å². The lowest BCUT2D eigenvalue weighted by atomic mass is 10.1. The van der Waals surface area contributed by atoms with E-state index in [1.54, 1.807) is 30.3 Å². The number of rotatable bonds is 9. The molecule has 6 N–H and O–H groups in total. The van der Waals surface area contributed by atoms with Crippen molar-refractivity contribution in [3.05, 3.63) is 93.4 Å². The molecule has 1 aromatic heterocycles. The number of methoxy groups -OCH3 is 2. The molecule has 37 heavy (non-hydrogen) atoms. The van der Waals surface area contributed by atoms with Crippen LogP contribution in [0.2, 0.25) is 0 Å². The van der Waals surface area contributed by atoms with Gasteiger partial charge < -0.3 is 25.6 Å². The van der Waals surface area contributed by atoms with Gasteiger partial charge in [0.1, 0.15) is 17.5 Å². The van der Waals surface area contributed by atoms with E-state index in [1.807, 2.05) is 0 Å². The molecule has 0 fully saturated rings. The Hall–Kier alpha value is -5.13. The van der Waals surface area contributed by atoms with Crippen molar-refractivity contribution in [2.75, 3.05) is 19.5 Å². The molecule has 0 saturated heterocycles. The first-order chi connectivity index (χ1) is 17.7. The average Bonchev–Trinajstić information content (AvgIpc) is 3.24. The molecule has 11 nitrogen and oxygen atoms in total. The average molecular weight is 506 g/mol. The molecular weight excluding hydrogens is 483 g/mol. The number of nitrogens with one attached hydrogen (secondary N) is 3. The molecule has 0 unspecified atom stereocenters. The van der Waals surface area contributed by atoms with Crippen molar-refractivity contribution in [3.8, 4) is 17.2 Å². The second-order valence-electron chi connectivity index (χ2n) is 7.86. The molecule has 190 valence electrons. The summed E-state index contributed by atoms with van der Waals surface area (Å²) in [5.41, 5.74) is 6.20. The summed E-state index contributed by atoms with van der Waals surface area (Å²) in [5, 5.41) is 24.4. The number of nitrogen functional groups attached to an aromatic ring is 1. The Balaban J connectivity index is 1.75. The number of aromatic amines is 1. The fourth-order valence-corrected chi connectivity index (χ4v) is 3.84. The van der Waals surface area contributed by atoms with Crippen molar-refractivity contribution in [2.45, 2.75) is 6.42 Å². The number of carboxylic acid groups (broad SMARTS) is 1. The quantitative estimate of drug-likeness (QED) is 0.170. The third-order valence-electron chi connectivity index (χ3n) is 5.55. The van der Waals surface area contributed by atoms with Crippen LogP contribution in [-0.2, 0) is 6.42 Å². The summed E-state index contributed by atoms with van der Waals surface area (Å²) in [6, 6.07) is 13.6. The fraction of sp³-hybridized carbons (Fsp3) is 0.120. The molecule has 4 rings (SSSR count). The van der Waals surface area contributed by atoms with E-state index in [1.165, 1.54) is 38.5 Å². The van der Waals surface area contributed by atoms with E-state index in [0.29, 0.717) is 28.4 Å². The number of hydrogen-bond donors (Lipinski definition) is 5. The van der Waals surface area contributed by atoms with Crippen LogP contribution >= 0.6 is 0 Å². The zero-order chi connectivity index (χ0) is 26.7. The number of nitrogens with zero attached hydrogens (tertiary/aromatic N) is 2. The summed E-state index contributed by atoms with van der Waals surface area (Å²) in [4.78, 5) is 26.9. The van der Waals surface area contributed by atoms with Crippen LogP contribution in [0.3, 0.4) is 0 Å². The maximum atomic E-state index is 14.5. The molecule has 0 aliphatic heterocycles. The fourth-order valence-electron chi connectivity index (χ4n) is 3.84. The molecule has 0 aliphatic rings. The number of carbonyl (C=O) groups is 1. The van der Waals surface area contributed by atoms with Crippen molar-refractivity contribution < 1.29 is 23.8 Å². The normalized spacial score (nSPS) is 10.7. The SMILES string of the molecule is COc1ccc(Cc2nn(-c3ccccc3C(=O)O)c(=O)[nH]2)c(Nc2ccc(C(=N)N)c(F)c2)c1OC. The zero-order valence-corrected chi connectivity index (χ0v) is 19.8. The molecule has 1 heterocycles. The molecule has 12 heteroatoms. The monoisotopic (exact) mass is 506 g/mol. The number of nitrogens with two attached hydrogens (primary N) is 1. The summed E-state index contributed by atoms with van der Waals surface area (Å²) in [5.74, 6) is -1.29. The van der Waals surface area contributed by atoms with E-state index in [4.69, 9.17) is 20.6 Å². The van der Waals surface area contributed by atoms with Crippen molar-refractivity contribution in [3.63, 3.8) is 0 Å². The molecule has 3 aromatic carbocycles. The Kier molecular flexibility index (Phi) is 6.91. The highest BCUT2D eigenvalue weighted by Gasteiger charge is 2.20. The third kappa shape index (κ3) is 4.98. The van der Waals surface area contributed by atoms with E-state index in [9.17, 15) is 19.1 Å². The number of para-hydroxylation sites is 1. The van der Waals surface area contributed by atoms with E-state index in [-0.39, 0.29) is 29.1 Å². The van der Waals surface area contributed by atoms with Gasteiger partial charge >= 0.3 is 11.7 Å². The topological polar surface area (TPSA) is 168 Å². The summed E-state index contributed by atoms with van der Waals surface area (Å²) < 4.78 is 26.4. The lowest BCUT2D eigenvalue weighted by molar-refractivity contribution is 0.0696. The largest absolute Gasteiger partial charge is 0.493 e. The first-order valence-electron chi connectivity index (χ1n) is 10.9. The first-order valence-corrected chi connectivity index (χ1v) is 10.9. The van der Waals surface area contributed by atoms with Gasteiger partial charge in [-0.05, 0) is 42.0 Å². The number of ether oxygens (including phenoxy) is 2. The van der Waals surface area contributed by atoms with Gasteiger partial charge in [-0.1, -0.05) is 18.2 Å². The maximum absolute atomic E-state index is 14.5. The lowest BCUT2D eigenvalue weighted by Crippen LogP contribution is -2.18. The smallest absolute Gasteiger partial charge is 0.348 e. The molecule has 0 saturated carbocycles. The van der Waals surface area contributed by atoms with Gasteiger partial charge in [0.05, 0.1) is 36.7 Å². The highest BCUT2D eigenvalue weighted by Crippen LogP contribution is 2.40. The summed E-state index contributed by atoms with van der Waals surface area (Å²) in [6.07, 6.45) is 0.105. The Morgan fingerprint density at radius 2 is 1.92 bits per heavy atom. The number of aromatic carboxylic acids is 1. The van der Waals surface area contributed by atoms with Gasteiger partial charge in [-0.25, -0.2) is 14.0 Å². The predicted octanol–water partition coefficient (Wildman–Crippen LogP) is 3.03. The number of aromatic nitrogens is 3. The van der Waals surface area contributed by atoms with Crippen molar-refractivity contribution in [1.29, 1.82) is 5.41 Å². The van der Waals surface area contributed by atoms with Gasteiger partial charge in [0, 0.05) is 12.1 Å². The van der Waals surface area contributed by atoms with Crippen LogP contribution in [0.15, 0.2) is 59.4 Å². The Morgan fingerprint density at radius 3 is 2.57 bits per heavy atom. The van der Waals surface area contributed by atoms with Crippen LogP contribution in [0.25, 0.3) is 5.69 Å². The van der Waals surface area contributed by atoms with E-state index in [2.05, 4.69) is 15.4 Å². The van der Waals surface area contributed by atoms with Crippen molar-refractivity contribution in [1.82, 2.24) is 14.8 Å². The van der Waals surface area contributed by atoms with Gasteiger partial charge in [-0.15, -0.1) is 5.10 Å². The third-order valence-corrected chi connectivity index (χ3v) is 5.55. The van der Waals surface area contributed by atoms with E-state index in [0.717, 1.165) is 4.68 Å². The van der Waals surface area contributed by atoms with Crippen molar-refractivity contribution in [2.24, 2.45) is 5.73 Å². The highest BCUT2D eigenvalue weighted by atomic mass is 19.1. The number of benzene rings is 3. The predicted molar refractivity (Wildman–Crippen MR) is 134 cm³/mol. The minimum Gasteiger partial charge on any atom is -0.493 e. The molecule has 0 radical (unpaired) electrons. The first kappa shape index (κ1) is 25.0. The molecule has 0 spiro atoms. The molecule has 0 bridgehead atoms. The molecule has 0 aliphatic carbocycles. The van der Waals surface area contributed by atoms with E-state index < -0.39 is 23.3 Å². The van der Waals surface area contributed by atoms with Crippen LogP contribution in [0.5, 0.6) is 11.5 Å². The second kappa shape index (κ2) is 10.2. The Bertz CT molecular complexity index is 1560. The van der Waals surface area contributed by atoms with Crippen molar-refractivity contribution >= 4 is 23.2 Å². The highest BCUT2D eigenvalue weighted by molar-refractivity contribution is 5.95. The molecule has 0 atom stereocenters. The number of amidine groups is 1. The van der Waals surface area contributed by atoms with Gasteiger partial charge in [0.25, 0.3) is 0 Å².